The summed E-state index contributed by atoms with van der Waals surface area (Å²) in [5.74, 6) is -1.73. The summed E-state index contributed by atoms with van der Waals surface area (Å²) in [6.07, 6.45) is 0. The van der Waals surface area contributed by atoms with E-state index >= 15 is 0 Å². The minimum Gasteiger partial charge on any atom is -0.480 e. The minimum absolute atomic E-state index is 0.234. The molecule has 0 fully saturated rings. The van der Waals surface area contributed by atoms with Crippen LogP contribution in [0.4, 0.5) is 5.69 Å². The van der Waals surface area contributed by atoms with Crippen LogP contribution >= 0.6 is 11.6 Å². The largest absolute Gasteiger partial charge is 0.480 e. The highest BCUT2D eigenvalue weighted by atomic mass is 35.5. The third-order valence-electron chi connectivity index (χ3n) is 1.78. The highest BCUT2D eigenvalue weighted by molar-refractivity contribution is 6.29. The maximum Gasteiger partial charge on any atom is 0.323 e. The number of para-hydroxylation sites is 1. The van der Waals surface area contributed by atoms with Gasteiger partial charge in [0, 0.05) is 5.69 Å². The number of nitrogens with zero attached hydrogens (tertiary/aromatic N) is 1. The molecule has 0 aliphatic rings. The molecule has 1 aromatic rings. The van der Waals surface area contributed by atoms with Crippen LogP contribution in [-0.2, 0) is 9.59 Å². The first kappa shape index (κ1) is 11.5. The van der Waals surface area contributed by atoms with Crippen LogP contribution in [-0.4, -0.2) is 29.4 Å². The average molecular weight is 228 g/mol. The van der Waals surface area contributed by atoms with Crippen LogP contribution in [0.3, 0.4) is 0 Å². The van der Waals surface area contributed by atoms with Crippen LogP contribution in [0.15, 0.2) is 30.3 Å². The summed E-state index contributed by atoms with van der Waals surface area (Å²) >= 11 is 5.40. The number of carbonyl (C=O) groups is 2. The van der Waals surface area contributed by atoms with Crippen molar-refractivity contribution in [1.82, 2.24) is 0 Å². The molecule has 80 valence electrons. The number of halogens is 1. The number of hydrogen-bond acceptors (Lipinski definition) is 2. The van der Waals surface area contributed by atoms with Crippen molar-refractivity contribution >= 4 is 29.2 Å². The number of carbonyl (C=O) groups excluding carboxylic acids is 1. The molecule has 5 heteroatoms. The Bertz CT molecular complexity index is 353. The van der Waals surface area contributed by atoms with Gasteiger partial charge in [-0.15, -0.1) is 11.6 Å². The number of amides is 1. The van der Waals surface area contributed by atoms with Crippen LogP contribution in [0.25, 0.3) is 0 Å². The number of rotatable bonds is 4. The van der Waals surface area contributed by atoms with E-state index in [1.807, 2.05) is 0 Å². The van der Waals surface area contributed by atoms with Gasteiger partial charge >= 0.3 is 5.97 Å². The second kappa shape index (κ2) is 5.36. The molecule has 0 radical (unpaired) electrons. The molecule has 1 N–H and O–H groups in total. The maximum atomic E-state index is 11.4. The molecule has 0 bridgehead atoms. The highest BCUT2D eigenvalue weighted by Crippen LogP contribution is 2.13. The number of hydrogen-bond donors (Lipinski definition) is 1. The third-order valence-corrected chi connectivity index (χ3v) is 2.01. The van der Waals surface area contributed by atoms with Gasteiger partial charge in [-0.1, -0.05) is 18.2 Å². The summed E-state index contributed by atoms with van der Waals surface area (Å²) in [5.41, 5.74) is 0.533. The van der Waals surface area contributed by atoms with Crippen molar-refractivity contribution in [3.05, 3.63) is 30.3 Å². The standard InChI is InChI=1S/C10H10ClNO3/c11-6-9(13)12(7-10(14)15)8-4-2-1-3-5-8/h1-5H,6-7H2,(H,14,15). The van der Waals surface area contributed by atoms with E-state index in [-0.39, 0.29) is 12.4 Å². The van der Waals surface area contributed by atoms with Gasteiger partial charge in [-0.2, -0.15) is 0 Å². The quantitative estimate of drug-likeness (QED) is 0.790. The predicted molar refractivity (Wildman–Crippen MR) is 57.2 cm³/mol. The van der Waals surface area contributed by atoms with Crippen LogP contribution in [0.2, 0.25) is 0 Å². The van der Waals surface area contributed by atoms with Crippen molar-refractivity contribution in [2.24, 2.45) is 0 Å². The first-order valence-electron chi connectivity index (χ1n) is 4.28. The van der Waals surface area contributed by atoms with Crippen LogP contribution < -0.4 is 4.90 Å². The van der Waals surface area contributed by atoms with Gasteiger partial charge in [0.15, 0.2) is 0 Å². The Morgan fingerprint density at radius 1 is 1.27 bits per heavy atom. The summed E-state index contributed by atoms with van der Waals surface area (Å²) in [6.45, 7) is -0.379. The molecule has 0 aromatic heterocycles. The normalized spacial score (nSPS) is 9.67. The second-order valence-corrected chi connectivity index (χ2v) is 3.11. The van der Waals surface area contributed by atoms with Gasteiger partial charge in [0.2, 0.25) is 5.91 Å². The fourth-order valence-electron chi connectivity index (χ4n) is 1.14. The van der Waals surface area contributed by atoms with E-state index in [1.54, 1.807) is 30.3 Å². The van der Waals surface area contributed by atoms with E-state index in [9.17, 15) is 9.59 Å². The van der Waals surface area contributed by atoms with Gasteiger partial charge in [-0.05, 0) is 12.1 Å². The van der Waals surface area contributed by atoms with Gasteiger partial charge in [-0.25, -0.2) is 0 Å². The van der Waals surface area contributed by atoms with E-state index in [1.165, 1.54) is 0 Å². The third kappa shape index (κ3) is 3.25. The molecule has 0 heterocycles. The Labute approximate surface area is 92.1 Å². The molecule has 0 spiro atoms. The fourth-order valence-corrected chi connectivity index (χ4v) is 1.28. The summed E-state index contributed by atoms with van der Waals surface area (Å²) in [4.78, 5) is 23.1. The van der Waals surface area contributed by atoms with E-state index in [4.69, 9.17) is 16.7 Å². The average Bonchev–Trinajstić information content (AvgIpc) is 2.26. The predicted octanol–water partition coefficient (Wildman–Crippen LogP) is 1.34. The number of alkyl halides is 1. The lowest BCUT2D eigenvalue weighted by Crippen LogP contribution is -2.36. The van der Waals surface area contributed by atoms with Crippen molar-refractivity contribution in [2.75, 3.05) is 17.3 Å². The summed E-state index contributed by atoms with van der Waals surface area (Å²) in [6, 6.07) is 8.56. The Balaban J connectivity index is 2.91. The zero-order valence-electron chi connectivity index (χ0n) is 7.89. The molecular weight excluding hydrogens is 218 g/mol. The molecular formula is C10H10ClNO3. The molecule has 0 aliphatic carbocycles. The van der Waals surface area contributed by atoms with Crippen molar-refractivity contribution in [2.45, 2.75) is 0 Å². The second-order valence-electron chi connectivity index (χ2n) is 2.84. The van der Waals surface area contributed by atoms with E-state index in [2.05, 4.69) is 0 Å². The smallest absolute Gasteiger partial charge is 0.323 e. The minimum atomic E-state index is -1.07. The van der Waals surface area contributed by atoms with E-state index in [0.29, 0.717) is 5.69 Å². The molecule has 1 amide bonds. The van der Waals surface area contributed by atoms with Crippen molar-refractivity contribution in [1.29, 1.82) is 0 Å². The SMILES string of the molecule is O=C(O)CN(C(=O)CCl)c1ccccc1. The fraction of sp³-hybridized carbons (Fsp3) is 0.200. The topological polar surface area (TPSA) is 57.6 Å². The number of anilines is 1. The zero-order valence-corrected chi connectivity index (χ0v) is 8.65. The molecule has 0 atom stereocenters. The first-order chi connectivity index (χ1) is 7.15. The van der Waals surface area contributed by atoms with Gasteiger partial charge in [-0.3, -0.25) is 9.59 Å². The molecule has 1 aromatic carbocycles. The number of benzene rings is 1. The molecule has 0 aliphatic heterocycles. The van der Waals surface area contributed by atoms with Gasteiger partial charge in [0.1, 0.15) is 12.4 Å². The summed E-state index contributed by atoms with van der Waals surface area (Å²) < 4.78 is 0. The van der Waals surface area contributed by atoms with Crippen LogP contribution in [0, 0.1) is 0 Å². The van der Waals surface area contributed by atoms with Crippen LogP contribution in [0.5, 0.6) is 0 Å². The lowest BCUT2D eigenvalue weighted by Gasteiger charge is -2.19. The Morgan fingerprint density at radius 3 is 2.33 bits per heavy atom. The highest BCUT2D eigenvalue weighted by Gasteiger charge is 2.17. The number of carboxylic acids is 1. The van der Waals surface area contributed by atoms with Gasteiger partial charge in [0.05, 0.1) is 0 Å². The van der Waals surface area contributed by atoms with Crippen molar-refractivity contribution < 1.29 is 14.7 Å². The zero-order chi connectivity index (χ0) is 11.3. The molecule has 1 rings (SSSR count). The van der Waals surface area contributed by atoms with Gasteiger partial charge in [0.25, 0.3) is 0 Å². The van der Waals surface area contributed by atoms with E-state index in [0.717, 1.165) is 4.90 Å². The molecule has 0 unspecified atom stereocenters. The van der Waals surface area contributed by atoms with Crippen molar-refractivity contribution in [3.8, 4) is 0 Å². The summed E-state index contributed by atoms with van der Waals surface area (Å²) in [5, 5.41) is 8.65. The molecule has 4 nitrogen and oxygen atoms in total. The lowest BCUT2D eigenvalue weighted by molar-refractivity contribution is -0.136. The maximum absolute atomic E-state index is 11.4. The Hall–Kier alpha value is -1.55. The van der Waals surface area contributed by atoms with E-state index < -0.39 is 11.9 Å². The molecule has 15 heavy (non-hydrogen) atoms. The van der Waals surface area contributed by atoms with Crippen molar-refractivity contribution in [3.63, 3.8) is 0 Å². The molecule has 0 saturated heterocycles. The Kier molecular flexibility index (Phi) is 4.12. The first-order valence-corrected chi connectivity index (χ1v) is 4.81. The van der Waals surface area contributed by atoms with Gasteiger partial charge < -0.3 is 10.0 Å². The monoisotopic (exact) mass is 227 g/mol. The lowest BCUT2D eigenvalue weighted by atomic mass is 10.3. The number of carboxylic acid groups (broad SMARTS) is 1. The van der Waals surface area contributed by atoms with Crippen LogP contribution in [0.1, 0.15) is 0 Å². The Morgan fingerprint density at radius 2 is 1.87 bits per heavy atom. The molecule has 0 saturated carbocycles. The number of aliphatic carboxylic acids is 1. The summed E-state index contributed by atoms with van der Waals surface area (Å²) in [7, 11) is 0.